The first kappa shape index (κ1) is 21.2. The molecule has 0 spiro atoms. The average Bonchev–Trinajstić information content (AvgIpc) is 2.60. The second-order valence-electron chi connectivity index (χ2n) is 7.03. The lowest BCUT2D eigenvalue weighted by molar-refractivity contribution is 0.414. The van der Waals surface area contributed by atoms with Gasteiger partial charge in [-0.15, -0.1) is 0 Å². The van der Waals surface area contributed by atoms with Gasteiger partial charge in [0.25, 0.3) is 0 Å². The molecular weight excluding hydrogens is 388 g/mol. The molecule has 0 aromatic heterocycles. The van der Waals surface area contributed by atoms with Crippen LogP contribution in [0, 0.1) is 5.41 Å². The predicted octanol–water partition coefficient (Wildman–Crippen LogP) is 2.98. The van der Waals surface area contributed by atoms with E-state index in [0.717, 1.165) is 0 Å². The molecule has 0 aliphatic heterocycles. The fourth-order valence-corrected chi connectivity index (χ4v) is 6.63. The molecule has 0 aliphatic carbocycles. The minimum absolute atomic E-state index is 0.137. The maximum absolute atomic E-state index is 12.7. The number of benzene rings is 2. The third-order valence-corrected chi connectivity index (χ3v) is 8.30. The van der Waals surface area contributed by atoms with Crippen molar-refractivity contribution in [1.82, 2.24) is 0 Å². The van der Waals surface area contributed by atoms with Gasteiger partial charge in [-0.3, -0.25) is 0 Å². The Hall–Kier alpha value is -2.06. The molecule has 2 aromatic rings. The minimum Gasteiger partial charge on any atom is -0.497 e. The van der Waals surface area contributed by atoms with Crippen molar-refractivity contribution in [3.05, 3.63) is 48.5 Å². The van der Waals surface area contributed by atoms with E-state index >= 15 is 0 Å². The second-order valence-corrected chi connectivity index (χ2v) is 11.0. The Balaban J connectivity index is 2.20. The summed E-state index contributed by atoms with van der Waals surface area (Å²) >= 11 is 0. The lowest BCUT2D eigenvalue weighted by atomic mass is 10.0. The molecule has 0 bridgehead atoms. The van der Waals surface area contributed by atoms with Gasteiger partial charge < -0.3 is 9.47 Å². The van der Waals surface area contributed by atoms with Crippen molar-refractivity contribution in [3.8, 4) is 11.5 Å². The van der Waals surface area contributed by atoms with Gasteiger partial charge in [-0.2, -0.15) is 0 Å². The Morgan fingerprint density at radius 3 is 1.22 bits per heavy atom. The molecule has 2 rings (SSSR count). The highest BCUT2D eigenvalue weighted by Gasteiger charge is 2.33. The van der Waals surface area contributed by atoms with E-state index in [1.807, 2.05) is 0 Å². The summed E-state index contributed by atoms with van der Waals surface area (Å²) in [5.41, 5.74) is -0.975. The highest BCUT2D eigenvalue weighted by atomic mass is 32.2. The molecule has 0 atom stereocenters. The zero-order valence-corrected chi connectivity index (χ0v) is 17.4. The highest BCUT2D eigenvalue weighted by molar-refractivity contribution is 7.92. The highest BCUT2D eigenvalue weighted by Crippen LogP contribution is 2.28. The molecule has 8 heteroatoms. The van der Waals surface area contributed by atoms with Crippen LogP contribution in [0.4, 0.5) is 0 Å². The van der Waals surface area contributed by atoms with Gasteiger partial charge in [-0.05, 0) is 53.9 Å². The van der Waals surface area contributed by atoms with E-state index < -0.39 is 25.1 Å². The smallest absolute Gasteiger partial charge is 0.178 e. The van der Waals surface area contributed by atoms with Crippen LogP contribution in [-0.2, 0) is 19.7 Å². The lowest BCUT2D eigenvalue weighted by Crippen LogP contribution is -2.31. The summed E-state index contributed by atoms with van der Waals surface area (Å²) in [5, 5.41) is 0. The van der Waals surface area contributed by atoms with Crippen LogP contribution in [0.3, 0.4) is 0 Å². The Morgan fingerprint density at radius 2 is 0.963 bits per heavy atom. The van der Waals surface area contributed by atoms with Crippen LogP contribution in [0.25, 0.3) is 0 Å². The van der Waals surface area contributed by atoms with Gasteiger partial charge in [-0.25, -0.2) is 16.8 Å². The summed E-state index contributed by atoms with van der Waals surface area (Å²) in [4.78, 5) is 0.274. The van der Waals surface area contributed by atoms with Crippen molar-refractivity contribution in [2.45, 2.75) is 23.6 Å². The first-order valence-corrected chi connectivity index (χ1v) is 11.5. The van der Waals surface area contributed by atoms with E-state index in [1.165, 1.54) is 38.5 Å². The molecule has 0 N–H and O–H groups in total. The molecule has 0 aliphatic rings. The SMILES string of the molecule is COc1ccc(S(=O)(=O)CC(C)(C)CS(=O)(=O)c2ccc(OC)cc2)cc1. The van der Waals surface area contributed by atoms with Crippen molar-refractivity contribution in [2.24, 2.45) is 5.41 Å². The third kappa shape index (κ3) is 5.46. The minimum atomic E-state index is -3.65. The van der Waals surface area contributed by atoms with Crippen LogP contribution in [0.15, 0.2) is 58.3 Å². The molecule has 27 heavy (non-hydrogen) atoms. The van der Waals surface area contributed by atoms with E-state index in [-0.39, 0.29) is 21.3 Å². The molecule has 0 heterocycles. The van der Waals surface area contributed by atoms with E-state index in [2.05, 4.69) is 0 Å². The quantitative estimate of drug-likeness (QED) is 0.662. The van der Waals surface area contributed by atoms with E-state index in [1.54, 1.807) is 38.1 Å². The molecule has 0 saturated carbocycles. The van der Waals surface area contributed by atoms with Crippen LogP contribution < -0.4 is 9.47 Å². The summed E-state index contributed by atoms with van der Waals surface area (Å²) in [6, 6.07) is 12.1. The van der Waals surface area contributed by atoms with Crippen LogP contribution in [0.5, 0.6) is 11.5 Å². The van der Waals surface area contributed by atoms with Gasteiger partial charge in [0, 0.05) is 0 Å². The van der Waals surface area contributed by atoms with Gasteiger partial charge >= 0.3 is 0 Å². The standard InChI is InChI=1S/C19H24O6S2/c1-19(2,13-26(20,21)17-9-5-15(24-3)6-10-17)14-27(22,23)18-11-7-16(25-4)8-12-18/h5-12H,13-14H2,1-4H3. The maximum Gasteiger partial charge on any atom is 0.178 e. The lowest BCUT2D eigenvalue weighted by Gasteiger charge is -2.24. The number of sulfone groups is 2. The van der Waals surface area contributed by atoms with Gasteiger partial charge in [0.05, 0.1) is 35.5 Å². The van der Waals surface area contributed by atoms with Crippen molar-refractivity contribution in [2.75, 3.05) is 25.7 Å². The first-order chi connectivity index (χ1) is 12.5. The monoisotopic (exact) mass is 412 g/mol. The number of ether oxygens (including phenoxy) is 2. The summed E-state index contributed by atoms with van der Waals surface area (Å²) in [7, 11) is -4.30. The van der Waals surface area contributed by atoms with E-state index in [0.29, 0.717) is 11.5 Å². The zero-order chi connectivity index (χ0) is 20.3. The maximum atomic E-state index is 12.7. The summed E-state index contributed by atoms with van der Waals surface area (Å²) in [6.45, 7) is 3.27. The molecule has 0 radical (unpaired) electrons. The third-order valence-electron chi connectivity index (χ3n) is 4.00. The van der Waals surface area contributed by atoms with E-state index in [9.17, 15) is 16.8 Å². The van der Waals surface area contributed by atoms with Crippen molar-refractivity contribution in [3.63, 3.8) is 0 Å². The summed E-state index contributed by atoms with van der Waals surface area (Å²) in [6.07, 6.45) is 0. The van der Waals surface area contributed by atoms with Gasteiger partial charge in [-0.1, -0.05) is 13.8 Å². The van der Waals surface area contributed by atoms with E-state index in [4.69, 9.17) is 9.47 Å². The molecule has 0 amide bonds. The molecule has 0 fully saturated rings. The molecule has 6 nitrogen and oxygen atoms in total. The largest absolute Gasteiger partial charge is 0.497 e. The number of hydrogen-bond donors (Lipinski definition) is 0. The molecule has 2 aromatic carbocycles. The van der Waals surface area contributed by atoms with Crippen LogP contribution >= 0.6 is 0 Å². The Labute approximate surface area is 161 Å². The Kier molecular flexibility index (Phi) is 6.21. The Morgan fingerprint density at radius 1 is 0.667 bits per heavy atom. The average molecular weight is 413 g/mol. The van der Waals surface area contributed by atoms with Crippen LogP contribution in [0.1, 0.15) is 13.8 Å². The zero-order valence-electron chi connectivity index (χ0n) is 15.8. The van der Waals surface area contributed by atoms with Gasteiger partial charge in [0.1, 0.15) is 11.5 Å². The normalized spacial score (nSPS) is 12.6. The predicted molar refractivity (Wildman–Crippen MR) is 104 cm³/mol. The topological polar surface area (TPSA) is 86.7 Å². The number of hydrogen-bond acceptors (Lipinski definition) is 6. The number of methoxy groups -OCH3 is 2. The molecular formula is C19H24O6S2. The van der Waals surface area contributed by atoms with Crippen molar-refractivity contribution in [1.29, 1.82) is 0 Å². The molecule has 0 unspecified atom stereocenters. The molecule has 0 saturated heterocycles. The number of rotatable bonds is 8. The van der Waals surface area contributed by atoms with Gasteiger partial charge in [0.2, 0.25) is 0 Å². The van der Waals surface area contributed by atoms with Crippen molar-refractivity contribution >= 4 is 19.7 Å². The Bertz CT molecular complexity index is 892. The van der Waals surface area contributed by atoms with Gasteiger partial charge in [0.15, 0.2) is 19.7 Å². The van der Waals surface area contributed by atoms with Crippen LogP contribution in [-0.4, -0.2) is 42.6 Å². The fraction of sp³-hybridized carbons (Fsp3) is 0.368. The second kappa shape index (κ2) is 7.90. The van der Waals surface area contributed by atoms with Crippen LogP contribution in [0.2, 0.25) is 0 Å². The summed E-state index contributed by atoms with van der Waals surface area (Å²) < 4.78 is 60.9. The van der Waals surface area contributed by atoms with Crippen molar-refractivity contribution < 1.29 is 26.3 Å². The summed E-state index contributed by atoms with van der Waals surface area (Å²) in [5.74, 6) is 0.522. The fourth-order valence-electron chi connectivity index (χ4n) is 2.80. The first-order valence-electron chi connectivity index (χ1n) is 8.23. The molecule has 148 valence electrons.